The van der Waals surface area contributed by atoms with E-state index in [0.29, 0.717) is 6.04 Å². The highest BCUT2D eigenvalue weighted by Gasteiger charge is 2.18. The van der Waals surface area contributed by atoms with Crippen LogP contribution in [0.3, 0.4) is 0 Å². The minimum absolute atomic E-state index is 0.364. The monoisotopic (exact) mass is 295 g/mol. The summed E-state index contributed by atoms with van der Waals surface area (Å²) in [5, 5.41) is 4.63. The second-order valence-corrected chi connectivity index (χ2v) is 6.15. The van der Waals surface area contributed by atoms with Crippen molar-refractivity contribution in [1.82, 2.24) is 24.2 Å². The number of hydrogen-bond donors (Lipinski definition) is 1. The third-order valence-corrected chi connectivity index (χ3v) is 3.99. The number of nitrogens with zero attached hydrogens (tertiary/aromatic N) is 4. The standard InChI is InChI=1S/C14H25N5S/c1-6-7-11-12-13(18(5)16-11)19(14(20)15-12)10(2)8-9-17(3)4/h10H,6-9H2,1-5H3,(H,15,20). The molecule has 2 aromatic rings. The average molecular weight is 295 g/mol. The first-order chi connectivity index (χ1) is 9.45. The molecule has 0 aromatic carbocycles. The van der Waals surface area contributed by atoms with Crippen molar-refractivity contribution in [2.24, 2.45) is 7.05 Å². The highest BCUT2D eigenvalue weighted by Crippen LogP contribution is 2.24. The molecule has 1 atom stereocenters. The molecule has 0 radical (unpaired) electrons. The van der Waals surface area contributed by atoms with Gasteiger partial charge in [-0.1, -0.05) is 13.3 Å². The molecule has 1 N–H and O–H groups in total. The molecule has 20 heavy (non-hydrogen) atoms. The summed E-state index contributed by atoms with van der Waals surface area (Å²) in [6.07, 6.45) is 3.15. The van der Waals surface area contributed by atoms with Crippen LogP contribution in [0.5, 0.6) is 0 Å². The number of aromatic amines is 1. The fourth-order valence-corrected chi connectivity index (χ4v) is 3.00. The lowest BCUT2D eigenvalue weighted by Gasteiger charge is -2.17. The van der Waals surface area contributed by atoms with E-state index in [0.717, 1.165) is 47.4 Å². The summed E-state index contributed by atoms with van der Waals surface area (Å²) < 4.78 is 4.97. The van der Waals surface area contributed by atoms with Gasteiger partial charge in [0.25, 0.3) is 0 Å². The normalized spacial score (nSPS) is 13.5. The van der Waals surface area contributed by atoms with E-state index in [2.05, 4.69) is 47.5 Å². The smallest absolute Gasteiger partial charge is 0.179 e. The Hall–Kier alpha value is -1.14. The van der Waals surface area contributed by atoms with Crippen LogP contribution in [0.2, 0.25) is 0 Å². The molecule has 0 aliphatic rings. The Morgan fingerprint density at radius 2 is 2.10 bits per heavy atom. The summed E-state index contributed by atoms with van der Waals surface area (Å²) in [4.78, 5) is 5.55. The Bertz CT molecular complexity index is 634. The van der Waals surface area contributed by atoms with Gasteiger partial charge in [-0.2, -0.15) is 5.10 Å². The molecule has 2 rings (SSSR count). The molecule has 2 heterocycles. The van der Waals surface area contributed by atoms with E-state index >= 15 is 0 Å². The van der Waals surface area contributed by atoms with E-state index in [-0.39, 0.29) is 0 Å². The molecule has 0 fully saturated rings. The van der Waals surface area contributed by atoms with E-state index in [1.165, 1.54) is 0 Å². The van der Waals surface area contributed by atoms with E-state index in [4.69, 9.17) is 12.2 Å². The van der Waals surface area contributed by atoms with Crippen molar-refractivity contribution in [2.75, 3.05) is 20.6 Å². The number of rotatable bonds is 6. The number of imidazole rings is 1. The van der Waals surface area contributed by atoms with Crippen LogP contribution in [-0.2, 0) is 13.5 Å². The SMILES string of the molecule is CCCc1nn(C)c2c1[nH]c(=S)n2C(C)CCN(C)C. The van der Waals surface area contributed by atoms with Gasteiger partial charge < -0.3 is 9.88 Å². The van der Waals surface area contributed by atoms with Gasteiger partial charge in [0.15, 0.2) is 10.4 Å². The topological polar surface area (TPSA) is 41.8 Å². The molecular formula is C14H25N5S. The Morgan fingerprint density at radius 3 is 2.70 bits per heavy atom. The van der Waals surface area contributed by atoms with E-state index in [1.54, 1.807) is 0 Å². The fourth-order valence-electron chi connectivity index (χ4n) is 2.63. The number of nitrogens with one attached hydrogen (secondary N) is 1. The molecule has 2 aromatic heterocycles. The molecular weight excluding hydrogens is 270 g/mol. The van der Waals surface area contributed by atoms with Gasteiger partial charge in [-0.05, 0) is 52.6 Å². The summed E-state index contributed by atoms with van der Waals surface area (Å²) in [5.41, 5.74) is 3.34. The zero-order chi connectivity index (χ0) is 14.9. The molecule has 0 spiro atoms. The predicted molar refractivity (Wildman–Crippen MR) is 85.8 cm³/mol. The molecule has 0 amide bonds. The van der Waals surface area contributed by atoms with Crippen molar-refractivity contribution < 1.29 is 0 Å². The molecule has 1 unspecified atom stereocenters. The van der Waals surface area contributed by atoms with Crippen LogP contribution in [0.15, 0.2) is 0 Å². The Labute approximate surface area is 125 Å². The van der Waals surface area contributed by atoms with Crippen molar-refractivity contribution in [1.29, 1.82) is 0 Å². The van der Waals surface area contributed by atoms with Gasteiger partial charge in [0.1, 0.15) is 5.52 Å². The van der Waals surface area contributed by atoms with Crippen LogP contribution >= 0.6 is 12.2 Å². The highest BCUT2D eigenvalue weighted by atomic mass is 32.1. The van der Waals surface area contributed by atoms with Crippen molar-refractivity contribution in [3.8, 4) is 0 Å². The molecule has 0 aliphatic carbocycles. The first kappa shape index (κ1) is 15.3. The first-order valence-corrected chi connectivity index (χ1v) is 7.67. The lowest BCUT2D eigenvalue weighted by atomic mass is 10.2. The van der Waals surface area contributed by atoms with Gasteiger partial charge in [0.2, 0.25) is 0 Å². The molecule has 0 aliphatic heterocycles. The minimum Gasteiger partial charge on any atom is -0.328 e. The number of fused-ring (bicyclic) bond motifs is 1. The molecule has 6 heteroatoms. The molecule has 0 saturated heterocycles. The maximum absolute atomic E-state index is 5.52. The number of H-pyrrole nitrogens is 1. The van der Waals surface area contributed by atoms with Gasteiger partial charge >= 0.3 is 0 Å². The van der Waals surface area contributed by atoms with E-state index in [1.807, 2.05) is 11.7 Å². The van der Waals surface area contributed by atoms with Crippen molar-refractivity contribution >= 4 is 23.4 Å². The van der Waals surface area contributed by atoms with Gasteiger partial charge in [0.05, 0.1) is 5.69 Å². The van der Waals surface area contributed by atoms with Crippen LogP contribution in [-0.4, -0.2) is 44.9 Å². The summed E-state index contributed by atoms with van der Waals surface area (Å²) in [6.45, 7) is 5.44. The highest BCUT2D eigenvalue weighted by molar-refractivity contribution is 7.71. The van der Waals surface area contributed by atoms with Crippen molar-refractivity contribution in [2.45, 2.75) is 39.2 Å². The van der Waals surface area contributed by atoms with Gasteiger partial charge in [-0.25, -0.2) is 0 Å². The fraction of sp³-hybridized carbons (Fsp3) is 0.714. The van der Waals surface area contributed by atoms with Crippen LogP contribution in [0.4, 0.5) is 0 Å². The molecule has 0 saturated carbocycles. The zero-order valence-electron chi connectivity index (χ0n) is 13.1. The van der Waals surface area contributed by atoms with Crippen LogP contribution in [0.1, 0.15) is 38.4 Å². The third kappa shape index (κ3) is 2.81. The summed E-state index contributed by atoms with van der Waals surface area (Å²) >= 11 is 5.52. The Kier molecular flexibility index (Phi) is 4.65. The van der Waals surface area contributed by atoms with Gasteiger partial charge in [-0.3, -0.25) is 9.25 Å². The van der Waals surface area contributed by atoms with E-state index < -0.39 is 0 Å². The second kappa shape index (κ2) is 6.10. The lowest BCUT2D eigenvalue weighted by molar-refractivity contribution is 0.358. The zero-order valence-corrected chi connectivity index (χ0v) is 13.9. The average Bonchev–Trinajstić information content (AvgIpc) is 2.85. The largest absolute Gasteiger partial charge is 0.328 e. The maximum atomic E-state index is 5.52. The Morgan fingerprint density at radius 1 is 1.40 bits per heavy atom. The van der Waals surface area contributed by atoms with Crippen molar-refractivity contribution in [3.05, 3.63) is 10.5 Å². The van der Waals surface area contributed by atoms with Crippen molar-refractivity contribution in [3.63, 3.8) is 0 Å². The molecule has 5 nitrogen and oxygen atoms in total. The first-order valence-electron chi connectivity index (χ1n) is 7.26. The molecule has 0 bridgehead atoms. The Balaban J connectivity index is 2.43. The van der Waals surface area contributed by atoms with Crippen LogP contribution < -0.4 is 0 Å². The minimum atomic E-state index is 0.364. The van der Waals surface area contributed by atoms with Gasteiger partial charge in [-0.15, -0.1) is 0 Å². The summed E-state index contributed by atoms with van der Waals surface area (Å²) in [6, 6.07) is 0.364. The number of aromatic nitrogens is 4. The third-order valence-electron chi connectivity index (χ3n) is 3.69. The van der Waals surface area contributed by atoms with E-state index in [9.17, 15) is 0 Å². The van der Waals surface area contributed by atoms with Crippen LogP contribution in [0.25, 0.3) is 11.2 Å². The predicted octanol–water partition coefficient (Wildman–Crippen LogP) is 2.90. The number of hydrogen-bond acceptors (Lipinski definition) is 3. The maximum Gasteiger partial charge on any atom is 0.179 e. The van der Waals surface area contributed by atoms with Crippen LogP contribution in [0, 0.1) is 4.77 Å². The summed E-state index contributed by atoms with van der Waals surface area (Å²) in [5.74, 6) is 0. The van der Waals surface area contributed by atoms with Gasteiger partial charge in [0, 0.05) is 13.1 Å². The second-order valence-electron chi connectivity index (χ2n) is 5.76. The lowest BCUT2D eigenvalue weighted by Crippen LogP contribution is -2.18. The molecule has 112 valence electrons. The quantitative estimate of drug-likeness (QED) is 0.833. The summed E-state index contributed by atoms with van der Waals surface area (Å²) in [7, 11) is 6.20. The number of aryl methyl sites for hydroxylation is 2.